The Hall–Kier alpha value is -1.59. The van der Waals surface area contributed by atoms with E-state index in [1.165, 1.54) is 5.56 Å². The molecule has 1 aliphatic heterocycles. The van der Waals surface area contributed by atoms with Crippen molar-refractivity contribution in [3.8, 4) is 0 Å². The number of nitrogens with zero attached hydrogens (tertiary/aromatic N) is 1. The van der Waals surface area contributed by atoms with Crippen molar-refractivity contribution in [3.63, 3.8) is 0 Å². The van der Waals surface area contributed by atoms with Crippen molar-refractivity contribution in [2.45, 2.75) is 12.6 Å². The lowest BCUT2D eigenvalue weighted by Gasteiger charge is -2.16. The molecule has 1 aliphatic rings. The van der Waals surface area contributed by atoms with Crippen LogP contribution in [-0.4, -0.2) is 48.9 Å². The van der Waals surface area contributed by atoms with Crippen LogP contribution in [-0.2, 0) is 11.3 Å². The Morgan fingerprint density at radius 2 is 2.16 bits per heavy atom. The second kappa shape index (κ2) is 6.54. The average molecular weight is 264 g/mol. The minimum atomic E-state index is -0.965. The van der Waals surface area contributed by atoms with Gasteiger partial charge in [0.1, 0.15) is 0 Å². The Labute approximate surface area is 113 Å². The van der Waals surface area contributed by atoms with Gasteiger partial charge < -0.3 is 15.2 Å². The third-order valence-corrected chi connectivity index (χ3v) is 3.46. The minimum Gasteiger partial charge on any atom is -0.465 e. The van der Waals surface area contributed by atoms with E-state index in [2.05, 4.69) is 22.3 Å². The summed E-state index contributed by atoms with van der Waals surface area (Å²) in [6.07, 6.45) is -0.965. The molecule has 1 aromatic rings. The van der Waals surface area contributed by atoms with Crippen LogP contribution in [0.5, 0.6) is 0 Å². The standard InChI is InChI=1S/C14H20N2O3/c1-19-10-12-8-16(9-13(12)15-14(17)18)7-11-5-3-2-4-6-11/h2-6,12-13,15H,7-10H2,1H3,(H,17,18). The maximum atomic E-state index is 10.8. The molecular weight excluding hydrogens is 244 g/mol. The first-order chi connectivity index (χ1) is 9.19. The third kappa shape index (κ3) is 3.94. The summed E-state index contributed by atoms with van der Waals surface area (Å²) < 4.78 is 5.18. The van der Waals surface area contributed by atoms with E-state index in [9.17, 15) is 4.79 Å². The normalized spacial score (nSPS) is 23.4. The largest absolute Gasteiger partial charge is 0.465 e. The summed E-state index contributed by atoms with van der Waals surface area (Å²) in [6.45, 7) is 3.01. The van der Waals surface area contributed by atoms with E-state index >= 15 is 0 Å². The molecule has 5 heteroatoms. The lowest BCUT2D eigenvalue weighted by molar-refractivity contribution is 0.139. The number of carbonyl (C=O) groups is 1. The molecule has 2 unspecified atom stereocenters. The molecule has 1 heterocycles. The summed E-state index contributed by atoms with van der Waals surface area (Å²) in [5.41, 5.74) is 1.25. The highest BCUT2D eigenvalue weighted by molar-refractivity contribution is 5.65. The van der Waals surface area contributed by atoms with Gasteiger partial charge >= 0.3 is 6.09 Å². The Morgan fingerprint density at radius 1 is 1.42 bits per heavy atom. The molecule has 2 N–H and O–H groups in total. The van der Waals surface area contributed by atoms with Crippen LogP contribution in [0.15, 0.2) is 30.3 Å². The van der Waals surface area contributed by atoms with Crippen molar-refractivity contribution in [2.75, 3.05) is 26.8 Å². The quantitative estimate of drug-likeness (QED) is 0.844. The van der Waals surface area contributed by atoms with Crippen LogP contribution in [0.25, 0.3) is 0 Å². The highest BCUT2D eigenvalue weighted by Crippen LogP contribution is 2.19. The van der Waals surface area contributed by atoms with Gasteiger partial charge in [-0.25, -0.2) is 4.79 Å². The molecule has 0 aromatic heterocycles. The van der Waals surface area contributed by atoms with Crippen LogP contribution in [0, 0.1) is 5.92 Å². The molecule has 104 valence electrons. The zero-order valence-electron chi connectivity index (χ0n) is 11.1. The number of ether oxygens (including phenoxy) is 1. The topological polar surface area (TPSA) is 61.8 Å². The highest BCUT2D eigenvalue weighted by Gasteiger charge is 2.33. The molecule has 0 bridgehead atoms. The zero-order valence-corrected chi connectivity index (χ0v) is 11.1. The van der Waals surface area contributed by atoms with E-state index in [0.29, 0.717) is 6.61 Å². The van der Waals surface area contributed by atoms with Gasteiger partial charge in [-0.3, -0.25) is 4.90 Å². The number of benzene rings is 1. The minimum absolute atomic E-state index is 0.0545. The molecule has 0 spiro atoms. The Bertz CT molecular complexity index is 410. The van der Waals surface area contributed by atoms with E-state index in [4.69, 9.17) is 9.84 Å². The summed E-state index contributed by atoms with van der Waals surface area (Å²) in [5, 5.41) is 11.5. The van der Waals surface area contributed by atoms with Crippen LogP contribution < -0.4 is 5.32 Å². The molecule has 5 nitrogen and oxygen atoms in total. The Balaban J connectivity index is 1.95. The fourth-order valence-corrected chi connectivity index (χ4v) is 2.64. The summed E-state index contributed by atoms with van der Waals surface area (Å²) >= 11 is 0. The van der Waals surface area contributed by atoms with Gasteiger partial charge in [-0.05, 0) is 5.56 Å². The van der Waals surface area contributed by atoms with E-state index in [0.717, 1.165) is 19.6 Å². The van der Waals surface area contributed by atoms with E-state index in [1.54, 1.807) is 7.11 Å². The smallest absolute Gasteiger partial charge is 0.404 e. The maximum absolute atomic E-state index is 10.8. The number of hydrogen-bond donors (Lipinski definition) is 2. The van der Waals surface area contributed by atoms with Crippen molar-refractivity contribution < 1.29 is 14.6 Å². The van der Waals surface area contributed by atoms with Gasteiger partial charge in [0.05, 0.1) is 12.6 Å². The van der Waals surface area contributed by atoms with Gasteiger partial charge in [0.15, 0.2) is 0 Å². The number of amides is 1. The van der Waals surface area contributed by atoms with E-state index in [1.807, 2.05) is 18.2 Å². The summed E-state index contributed by atoms with van der Waals surface area (Å²) in [5.74, 6) is 0.213. The number of nitrogens with one attached hydrogen (secondary N) is 1. The average Bonchev–Trinajstić information content (AvgIpc) is 2.72. The SMILES string of the molecule is COCC1CN(Cc2ccccc2)CC1NC(=O)O. The van der Waals surface area contributed by atoms with Gasteiger partial charge in [-0.15, -0.1) is 0 Å². The molecular formula is C14H20N2O3. The van der Waals surface area contributed by atoms with Crippen LogP contribution in [0.3, 0.4) is 0 Å². The third-order valence-electron chi connectivity index (χ3n) is 3.46. The molecule has 19 heavy (non-hydrogen) atoms. The molecule has 0 saturated carbocycles. The lowest BCUT2D eigenvalue weighted by Crippen LogP contribution is -2.40. The summed E-state index contributed by atoms with van der Waals surface area (Å²) in [7, 11) is 1.65. The maximum Gasteiger partial charge on any atom is 0.404 e. The Kier molecular flexibility index (Phi) is 4.76. The monoisotopic (exact) mass is 264 g/mol. The summed E-state index contributed by atoms with van der Waals surface area (Å²) in [6, 6.07) is 10.2. The van der Waals surface area contributed by atoms with Gasteiger partial charge in [-0.2, -0.15) is 0 Å². The number of methoxy groups -OCH3 is 1. The fourth-order valence-electron chi connectivity index (χ4n) is 2.64. The molecule has 1 fully saturated rings. The summed E-state index contributed by atoms with van der Waals surface area (Å²) in [4.78, 5) is 13.1. The first kappa shape index (κ1) is 13.8. The predicted octanol–water partition coefficient (Wildman–Crippen LogP) is 1.40. The van der Waals surface area contributed by atoms with Crippen LogP contribution in [0.2, 0.25) is 0 Å². The van der Waals surface area contributed by atoms with E-state index < -0.39 is 6.09 Å². The number of carboxylic acid groups (broad SMARTS) is 1. The van der Waals surface area contributed by atoms with Gasteiger partial charge in [-0.1, -0.05) is 30.3 Å². The van der Waals surface area contributed by atoms with Crippen molar-refractivity contribution >= 4 is 6.09 Å². The number of rotatable bonds is 5. The van der Waals surface area contributed by atoms with Crippen molar-refractivity contribution in [2.24, 2.45) is 5.92 Å². The van der Waals surface area contributed by atoms with Gasteiger partial charge in [0.2, 0.25) is 0 Å². The molecule has 1 aromatic carbocycles. The van der Waals surface area contributed by atoms with Crippen molar-refractivity contribution in [3.05, 3.63) is 35.9 Å². The second-order valence-electron chi connectivity index (χ2n) is 4.95. The first-order valence-electron chi connectivity index (χ1n) is 6.43. The van der Waals surface area contributed by atoms with E-state index in [-0.39, 0.29) is 12.0 Å². The second-order valence-corrected chi connectivity index (χ2v) is 4.95. The zero-order chi connectivity index (χ0) is 13.7. The lowest BCUT2D eigenvalue weighted by atomic mass is 10.1. The highest BCUT2D eigenvalue weighted by atomic mass is 16.5. The molecule has 1 amide bonds. The fraction of sp³-hybridized carbons (Fsp3) is 0.500. The van der Waals surface area contributed by atoms with Crippen molar-refractivity contribution in [1.29, 1.82) is 0 Å². The van der Waals surface area contributed by atoms with Crippen LogP contribution in [0.1, 0.15) is 5.56 Å². The van der Waals surface area contributed by atoms with Gasteiger partial charge in [0, 0.05) is 32.7 Å². The van der Waals surface area contributed by atoms with Crippen LogP contribution >= 0.6 is 0 Å². The van der Waals surface area contributed by atoms with Crippen LogP contribution in [0.4, 0.5) is 4.79 Å². The number of hydrogen-bond acceptors (Lipinski definition) is 3. The van der Waals surface area contributed by atoms with Gasteiger partial charge in [0.25, 0.3) is 0 Å². The molecule has 1 saturated heterocycles. The molecule has 0 radical (unpaired) electrons. The predicted molar refractivity (Wildman–Crippen MR) is 72.0 cm³/mol. The molecule has 2 rings (SSSR count). The molecule has 2 atom stereocenters. The first-order valence-corrected chi connectivity index (χ1v) is 6.43. The molecule has 0 aliphatic carbocycles. The van der Waals surface area contributed by atoms with Crippen molar-refractivity contribution in [1.82, 2.24) is 10.2 Å². The number of likely N-dealkylation sites (tertiary alicyclic amines) is 1. The Morgan fingerprint density at radius 3 is 2.79 bits per heavy atom.